The van der Waals surface area contributed by atoms with E-state index in [1.54, 1.807) is 6.07 Å². The molecule has 0 saturated carbocycles. The lowest BCUT2D eigenvalue weighted by molar-refractivity contribution is 0.437. The van der Waals surface area contributed by atoms with Crippen LogP contribution < -0.4 is 5.32 Å². The standard InChI is InChI=1S/C14H18F2N2S/c1-3-7-18-14(2,10-17)6-8-19-11-4-5-12(15)13(16)9-11/h4-5,9,18H,3,6-8H2,1-2H3. The van der Waals surface area contributed by atoms with Crippen LogP contribution in [-0.2, 0) is 0 Å². The van der Waals surface area contributed by atoms with E-state index in [1.165, 1.54) is 17.8 Å². The minimum absolute atomic E-state index is 0.568. The molecule has 1 N–H and O–H groups in total. The van der Waals surface area contributed by atoms with Gasteiger partial charge in [-0.05, 0) is 44.5 Å². The SMILES string of the molecule is CCCNC(C)(C#N)CCSc1ccc(F)c(F)c1. The lowest BCUT2D eigenvalue weighted by atomic mass is 10.0. The summed E-state index contributed by atoms with van der Waals surface area (Å²) >= 11 is 1.42. The fraction of sp³-hybridized carbons (Fsp3) is 0.500. The quantitative estimate of drug-likeness (QED) is 0.775. The summed E-state index contributed by atoms with van der Waals surface area (Å²) in [5, 5.41) is 12.4. The first-order valence-corrected chi connectivity index (χ1v) is 7.23. The van der Waals surface area contributed by atoms with Gasteiger partial charge in [-0.25, -0.2) is 8.78 Å². The summed E-state index contributed by atoms with van der Waals surface area (Å²) in [4.78, 5) is 0.676. The van der Waals surface area contributed by atoms with E-state index in [2.05, 4.69) is 11.4 Å². The van der Waals surface area contributed by atoms with Crippen molar-refractivity contribution >= 4 is 11.8 Å². The molecule has 0 spiro atoms. The first-order chi connectivity index (χ1) is 9.00. The zero-order valence-electron chi connectivity index (χ0n) is 11.2. The number of benzene rings is 1. The second-order valence-corrected chi connectivity index (χ2v) is 5.71. The third-order valence-corrected chi connectivity index (χ3v) is 3.77. The number of halogens is 2. The Morgan fingerprint density at radius 3 is 2.68 bits per heavy atom. The predicted octanol–water partition coefficient (Wildman–Crippen LogP) is 3.73. The summed E-state index contributed by atoms with van der Waals surface area (Å²) in [5.74, 6) is -1.00. The topological polar surface area (TPSA) is 35.8 Å². The van der Waals surface area contributed by atoms with Crippen LogP contribution in [0.4, 0.5) is 8.78 Å². The minimum Gasteiger partial charge on any atom is -0.300 e. The largest absolute Gasteiger partial charge is 0.300 e. The maximum absolute atomic E-state index is 13.0. The van der Waals surface area contributed by atoms with Crippen molar-refractivity contribution in [3.05, 3.63) is 29.8 Å². The van der Waals surface area contributed by atoms with Crippen molar-refractivity contribution in [2.45, 2.75) is 37.1 Å². The maximum atomic E-state index is 13.0. The molecule has 1 aromatic carbocycles. The van der Waals surface area contributed by atoms with Crippen molar-refractivity contribution in [1.82, 2.24) is 5.32 Å². The minimum atomic E-state index is -0.837. The van der Waals surface area contributed by atoms with Gasteiger partial charge >= 0.3 is 0 Å². The molecule has 0 fully saturated rings. The van der Waals surface area contributed by atoms with Crippen molar-refractivity contribution in [1.29, 1.82) is 5.26 Å². The summed E-state index contributed by atoms with van der Waals surface area (Å²) < 4.78 is 25.8. The Kier molecular flexibility index (Phi) is 6.26. The van der Waals surface area contributed by atoms with Crippen LogP contribution in [0.15, 0.2) is 23.1 Å². The first-order valence-electron chi connectivity index (χ1n) is 6.25. The van der Waals surface area contributed by atoms with Crippen LogP contribution in [0, 0.1) is 23.0 Å². The smallest absolute Gasteiger partial charge is 0.159 e. The number of nitriles is 1. The molecule has 1 unspecified atom stereocenters. The fourth-order valence-electron chi connectivity index (χ4n) is 1.52. The summed E-state index contributed by atoms with van der Waals surface area (Å²) in [6, 6.07) is 6.11. The average molecular weight is 284 g/mol. The van der Waals surface area contributed by atoms with Gasteiger partial charge in [-0.1, -0.05) is 6.92 Å². The van der Waals surface area contributed by atoms with Gasteiger partial charge in [0, 0.05) is 10.6 Å². The third kappa shape index (κ3) is 5.17. The Balaban J connectivity index is 2.48. The lowest BCUT2D eigenvalue weighted by Gasteiger charge is -2.22. The fourth-order valence-corrected chi connectivity index (χ4v) is 2.62. The molecule has 2 nitrogen and oxygen atoms in total. The number of thioether (sulfide) groups is 1. The Labute approximate surface area is 117 Å². The Hall–Kier alpha value is -1.12. The number of hydrogen-bond donors (Lipinski definition) is 1. The summed E-state index contributed by atoms with van der Waals surface area (Å²) in [6.45, 7) is 4.69. The van der Waals surface area contributed by atoms with Gasteiger partial charge in [0.1, 0.15) is 5.54 Å². The molecule has 104 valence electrons. The molecule has 0 aliphatic carbocycles. The molecule has 5 heteroatoms. The molecule has 0 heterocycles. The highest BCUT2D eigenvalue weighted by atomic mass is 32.2. The van der Waals surface area contributed by atoms with Gasteiger partial charge < -0.3 is 0 Å². The van der Waals surface area contributed by atoms with E-state index >= 15 is 0 Å². The highest BCUT2D eigenvalue weighted by molar-refractivity contribution is 7.99. The average Bonchev–Trinajstić information content (AvgIpc) is 2.40. The van der Waals surface area contributed by atoms with Crippen LogP contribution in [-0.4, -0.2) is 17.8 Å². The highest BCUT2D eigenvalue weighted by Crippen LogP contribution is 2.23. The van der Waals surface area contributed by atoms with Crippen LogP contribution in [0.3, 0.4) is 0 Å². The van der Waals surface area contributed by atoms with Crippen LogP contribution in [0.5, 0.6) is 0 Å². The molecule has 1 atom stereocenters. The Morgan fingerprint density at radius 1 is 1.37 bits per heavy atom. The molecule has 0 saturated heterocycles. The van der Waals surface area contributed by atoms with Crippen LogP contribution in [0.25, 0.3) is 0 Å². The van der Waals surface area contributed by atoms with E-state index in [-0.39, 0.29) is 0 Å². The van der Waals surface area contributed by atoms with E-state index in [0.29, 0.717) is 17.1 Å². The molecule has 0 bridgehead atoms. The van der Waals surface area contributed by atoms with E-state index in [4.69, 9.17) is 5.26 Å². The molecule has 0 aromatic heterocycles. The molecule has 0 radical (unpaired) electrons. The molecular formula is C14H18F2N2S. The molecule has 1 aromatic rings. The summed E-state index contributed by atoms with van der Waals surface area (Å²) in [7, 11) is 0. The Bertz CT molecular complexity index is 459. The number of rotatable bonds is 7. The second kappa shape index (κ2) is 7.46. The van der Waals surface area contributed by atoms with E-state index < -0.39 is 17.2 Å². The van der Waals surface area contributed by atoms with Gasteiger partial charge in [0.15, 0.2) is 11.6 Å². The van der Waals surface area contributed by atoms with E-state index in [9.17, 15) is 8.78 Å². The van der Waals surface area contributed by atoms with Gasteiger partial charge in [0.2, 0.25) is 0 Å². The number of nitrogens with zero attached hydrogens (tertiary/aromatic N) is 1. The van der Waals surface area contributed by atoms with Gasteiger partial charge in [0.05, 0.1) is 6.07 Å². The van der Waals surface area contributed by atoms with E-state index in [1.807, 2.05) is 13.8 Å². The molecular weight excluding hydrogens is 266 g/mol. The van der Waals surface area contributed by atoms with Crippen molar-refractivity contribution in [3.63, 3.8) is 0 Å². The molecule has 1 rings (SSSR count). The lowest BCUT2D eigenvalue weighted by Crippen LogP contribution is -2.41. The van der Waals surface area contributed by atoms with Crippen molar-refractivity contribution in [2.75, 3.05) is 12.3 Å². The second-order valence-electron chi connectivity index (χ2n) is 4.55. The summed E-state index contributed by atoms with van der Waals surface area (Å²) in [5.41, 5.74) is -0.568. The number of nitrogens with one attached hydrogen (secondary N) is 1. The molecule has 19 heavy (non-hydrogen) atoms. The third-order valence-electron chi connectivity index (χ3n) is 2.77. The summed E-state index contributed by atoms with van der Waals surface area (Å²) in [6.07, 6.45) is 1.61. The first kappa shape index (κ1) is 15.9. The van der Waals surface area contributed by atoms with Crippen molar-refractivity contribution in [2.24, 2.45) is 0 Å². The monoisotopic (exact) mass is 284 g/mol. The highest BCUT2D eigenvalue weighted by Gasteiger charge is 2.22. The zero-order chi connectivity index (χ0) is 14.3. The molecule has 0 aliphatic heterocycles. The zero-order valence-corrected chi connectivity index (χ0v) is 12.0. The van der Waals surface area contributed by atoms with Gasteiger partial charge in [-0.15, -0.1) is 11.8 Å². The van der Waals surface area contributed by atoms with E-state index in [0.717, 1.165) is 19.0 Å². The van der Waals surface area contributed by atoms with Crippen LogP contribution >= 0.6 is 11.8 Å². The normalized spacial score (nSPS) is 13.8. The van der Waals surface area contributed by atoms with Crippen LogP contribution in [0.2, 0.25) is 0 Å². The predicted molar refractivity (Wildman–Crippen MR) is 74.0 cm³/mol. The van der Waals surface area contributed by atoms with Gasteiger partial charge in [0.25, 0.3) is 0 Å². The van der Waals surface area contributed by atoms with Crippen LogP contribution in [0.1, 0.15) is 26.7 Å². The van der Waals surface area contributed by atoms with Crippen molar-refractivity contribution in [3.8, 4) is 6.07 Å². The van der Waals surface area contributed by atoms with Gasteiger partial charge in [-0.3, -0.25) is 5.32 Å². The van der Waals surface area contributed by atoms with Crippen molar-refractivity contribution < 1.29 is 8.78 Å². The molecule has 0 aliphatic rings. The maximum Gasteiger partial charge on any atom is 0.159 e. The Morgan fingerprint density at radius 2 is 2.11 bits per heavy atom. The molecule has 0 amide bonds. The van der Waals surface area contributed by atoms with Gasteiger partial charge in [-0.2, -0.15) is 5.26 Å². The number of hydrogen-bond acceptors (Lipinski definition) is 3.